The molecule has 1 heterocycles. The zero-order chi connectivity index (χ0) is 14.2. The molecule has 2 aliphatic rings. The van der Waals surface area contributed by atoms with Gasteiger partial charge in [-0.1, -0.05) is 54.1 Å². The van der Waals surface area contributed by atoms with E-state index in [0.29, 0.717) is 6.04 Å². The van der Waals surface area contributed by atoms with Gasteiger partial charge in [0.2, 0.25) is 5.91 Å². The monoisotopic (exact) mass is 267 g/mol. The van der Waals surface area contributed by atoms with Crippen molar-refractivity contribution in [1.82, 2.24) is 4.90 Å². The number of hydrogen-bond acceptors (Lipinski definition) is 1. The first-order valence-corrected chi connectivity index (χ1v) is 7.32. The fraction of sp³-hybridized carbons (Fsp3) is 0.389. The van der Waals surface area contributed by atoms with E-state index in [2.05, 4.69) is 37.3 Å². The minimum atomic E-state index is -0.444. The van der Waals surface area contributed by atoms with Crippen LogP contribution in [0.25, 0.3) is 0 Å². The molecule has 104 valence electrons. The summed E-state index contributed by atoms with van der Waals surface area (Å²) in [7, 11) is 1.93. The van der Waals surface area contributed by atoms with Gasteiger partial charge in [-0.2, -0.15) is 0 Å². The smallest absolute Gasteiger partial charge is 0.237 e. The first-order valence-electron chi connectivity index (χ1n) is 7.32. The quantitative estimate of drug-likeness (QED) is 0.752. The number of piperidine rings is 1. The maximum atomic E-state index is 12.9. The number of benzene rings is 1. The molecular formula is C18H21NO. The van der Waals surface area contributed by atoms with E-state index < -0.39 is 5.41 Å². The molecule has 1 aromatic rings. The summed E-state index contributed by atoms with van der Waals surface area (Å²) >= 11 is 0. The standard InChI is InChI=1S/C18H21NO/c1-14-12-16-10-6-7-11-18(16,17(20)19(14)2)13-15-8-4-3-5-9-15/h3-5,7-11,14H,6,12-13H2,1-2H3/t14-,18-/m0/s1. The van der Waals surface area contributed by atoms with Crippen molar-refractivity contribution in [3.05, 3.63) is 59.7 Å². The Morgan fingerprint density at radius 1 is 1.30 bits per heavy atom. The van der Waals surface area contributed by atoms with Gasteiger partial charge in [-0.15, -0.1) is 0 Å². The van der Waals surface area contributed by atoms with Gasteiger partial charge in [0.15, 0.2) is 0 Å². The van der Waals surface area contributed by atoms with Gasteiger partial charge in [0.05, 0.1) is 5.41 Å². The number of rotatable bonds is 2. The maximum Gasteiger partial charge on any atom is 0.237 e. The third-order valence-electron chi connectivity index (χ3n) is 4.68. The van der Waals surface area contributed by atoms with Gasteiger partial charge in [0, 0.05) is 13.1 Å². The van der Waals surface area contributed by atoms with E-state index in [-0.39, 0.29) is 5.91 Å². The molecule has 0 N–H and O–H groups in total. The Balaban J connectivity index is 2.02. The molecule has 1 aromatic carbocycles. The fourth-order valence-electron chi connectivity index (χ4n) is 3.38. The summed E-state index contributed by atoms with van der Waals surface area (Å²) in [5, 5.41) is 0. The zero-order valence-corrected chi connectivity index (χ0v) is 12.2. The highest BCUT2D eigenvalue weighted by molar-refractivity contribution is 5.90. The Kier molecular flexibility index (Phi) is 3.25. The molecular weight excluding hydrogens is 246 g/mol. The first-order chi connectivity index (χ1) is 9.63. The number of nitrogens with zero attached hydrogens (tertiary/aromatic N) is 1. The lowest BCUT2D eigenvalue weighted by Gasteiger charge is -2.45. The second kappa shape index (κ2) is 4.93. The number of allylic oxidation sites excluding steroid dienone is 2. The van der Waals surface area contributed by atoms with Crippen molar-refractivity contribution < 1.29 is 4.79 Å². The van der Waals surface area contributed by atoms with E-state index in [0.717, 1.165) is 19.3 Å². The summed E-state index contributed by atoms with van der Waals surface area (Å²) in [4.78, 5) is 14.8. The van der Waals surface area contributed by atoms with E-state index >= 15 is 0 Å². The summed E-state index contributed by atoms with van der Waals surface area (Å²) in [6, 6.07) is 10.6. The van der Waals surface area contributed by atoms with Crippen molar-refractivity contribution in [2.75, 3.05) is 7.05 Å². The third kappa shape index (κ3) is 2.00. The van der Waals surface area contributed by atoms with Crippen molar-refractivity contribution in [2.45, 2.75) is 32.2 Å². The van der Waals surface area contributed by atoms with Crippen molar-refractivity contribution in [3.63, 3.8) is 0 Å². The van der Waals surface area contributed by atoms with Crippen LogP contribution >= 0.6 is 0 Å². The Morgan fingerprint density at radius 2 is 2.05 bits per heavy atom. The highest BCUT2D eigenvalue weighted by Gasteiger charge is 2.47. The molecule has 0 spiro atoms. The van der Waals surface area contributed by atoms with Gasteiger partial charge in [-0.05, 0) is 31.7 Å². The Labute approximate surface area is 120 Å². The second-order valence-electron chi connectivity index (χ2n) is 5.97. The van der Waals surface area contributed by atoms with Crippen molar-refractivity contribution in [2.24, 2.45) is 5.41 Å². The fourth-order valence-corrected chi connectivity index (χ4v) is 3.38. The molecule has 0 unspecified atom stereocenters. The third-order valence-corrected chi connectivity index (χ3v) is 4.68. The highest BCUT2D eigenvalue weighted by Crippen LogP contribution is 2.44. The molecule has 0 radical (unpaired) electrons. The largest absolute Gasteiger partial charge is 0.342 e. The van der Waals surface area contributed by atoms with E-state index in [1.807, 2.05) is 30.1 Å². The minimum absolute atomic E-state index is 0.238. The number of fused-ring (bicyclic) bond motifs is 1. The predicted molar refractivity (Wildman–Crippen MR) is 81.3 cm³/mol. The normalized spacial score (nSPS) is 29.1. The maximum absolute atomic E-state index is 12.9. The van der Waals surface area contributed by atoms with Crippen LogP contribution in [0.1, 0.15) is 25.3 Å². The first kappa shape index (κ1) is 13.2. The topological polar surface area (TPSA) is 20.3 Å². The van der Waals surface area contributed by atoms with Crippen LogP contribution < -0.4 is 0 Å². The number of amides is 1. The van der Waals surface area contributed by atoms with E-state index in [9.17, 15) is 4.79 Å². The van der Waals surface area contributed by atoms with Crippen molar-refractivity contribution in [1.29, 1.82) is 0 Å². The molecule has 0 saturated carbocycles. The summed E-state index contributed by atoms with van der Waals surface area (Å²) in [5.41, 5.74) is 2.08. The zero-order valence-electron chi connectivity index (χ0n) is 12.2. The number of likely N-dealkylation sites (tertiary alicyclic amines) is 1. The Bertz CT molecular complexity index is 572. The van der Waals surface area contributed by atoms with Crippen LogP contribution in [0.2, 0.25) is 0 Å². The highest BCUT2D eigenvalue weighted by atomic mass is 16.2. The van der Waals surface area contributed by atoms with Gasteiger partial charge in [-0.3, -0.25) is 4.79 Å². The molecule has 0 aromatic heterocycles. The molecule has 1 amide bonds. The number of carbonyl (C=O) groups excluding carboxylic acids is 1. The molecule has 1 aliphatic carbocycles. The number of hydrogen-bond donors (Lipinski definition) is 0. The second-order valence-corrected chi connectivity index (χ2v) is 5.97. The van der Waals surface area contributed by atoms with Gasteiger partial charge >= 0.3 is 0 Å². The molecule has 1 saturated heterocycles. The molecule has 20 heavy (non-hydrogen) atoms. The van der Waals surface area contributed by atoms with Crippen LogP contribution in [0.5, 0.6) is 0 Å². The lowest BCUT2D eigenvalue weighted by atomic mass is 9.67. The Morgan fingerprint density at radius 3 is 2.80 bits per heavy atom. The molecule has 0 bridgehead atoms. The summed E-state index contributed by atoms with van der Waals surface area (Å²) in [6.45, 7) is 2.13. The molecule has 3 rings (SSSR count). The van der Waals surface area contributed by atoms with Crippen LogP contribution in [-0.4, -0.2) is 23.9 Å². The minimum Gasteiger partial charge on any atom is -0.342 e. The number of carbonyl (C=O) groups is 1. The van der Waals surface area contributed by atoms with Crippen LogP contribution in [-0.2, 0) is 11.2 Å². The molecule has 2 heteroatoms. The molecule has 1 fully saturated rings. The molecule has 2 atom stereocenters. The summed E-state index contributed by atoms with van der Waals surface area (Å²) < 4.78 is 0. The predicted octanol–water partition coefficient (Wildman–Crippen LogP) is 3.35. The van der Waals surface area contributed by atoms with E-state index in [1.165, 1.54) is 11.1 Å². The average Bonchev–Trinajstić information content (AvgIpc) is 2.47. The van der Waals surface area contributed by atoms with Crippen LogP contribution in [0.3, 0.4) is 0 Å². The van der Waals surface area contributed by atoms with Crippen LogP contribution in [0.4, 0.5) is 0 Å². The lowest BCUT2D eigenvalue weighted by molar-refractivity contribution is -0.140. The lowest BCUT2D eigenvalue weighted by Crippen LogP contribution is -2.52. The van der Waals surface area contributed by atoms with Gasteiger partial charge in [-0.25, -0.2) is 0 Å². The molecule has 1 aliphatic heterocycles. The van der Waals surface area contributed by atoms with Gasteiger partial charge in [0.25, 0.3) is 0 Å². The Hall–Kier alpha value is -1.83. The van der Waals surface area contributed by atoms with E-state index in [4.69, 9.17) is 0 Å². The van der Waals surface area contributed by atoms with Crippen molar-refractivity contribution >= 4 is 5.91 Å². The van der Waals surface area contributed by atoms with Crippen LogP contribution in [0.15, 0.2) is 54.1 Å². The van der Waals surface area contributed by atoms with Crippen LogP contribution in [0, 0.1) is 5.41 Å². The summed E-state index contributed by atoms with van der Waals surface area (Å²) in [6.07, 6.45) is 9.24. The average molecular weight is 267 g/mol. The SMILES string of the molecule is C[C@H]1CC2=CCC=C[C@@]2(Cc2ccccc2)C(=O)N1C. The van der Waals surface area contributed by atoms with Crippen molar-refractivity contribution in [3.8, 4) is 0 Å². The summed E-state index contributed by atoms with van der Waals surface area (Å²) in [5.74, 6) is 0.238. The van der Waals surface area contributed by atoms with Gasteiger partial charge < -0.3 is 4.90 Å². The van der Waals surface area contributed by atoms with Gasteiger partial charge in [0.1, 0.15) is 0 Å². The van der Waals surface area contributed by atoms with E-state index in [1.54, 1.807) is 0 Å². The molecule has 2 nitrogen and oxygen atoms in total.